The lowest BCUT2D eigenvalue weighted by atomic mass is 9.99. The van der Waals surface area contributed by atoms with Gasteiger partial charge in [0.05, 0.1) is 7.11 Å². The zero-order valence-electron chi connectivity index (χ0n) is 10.8. The molecular weight excluding hydrogens is 224 g/mol. The second-order valence-electron chi connectivity index (χ2n) is 4.38. The summed E-state index contributed by atoms with van der Waals surface area (Å²) in [5, 5.41) is 9.00. The van der Waals surface area contributed by atoms with Gasteiger partial charge in [-0.3, -0.25) is 0 Å². The van der Waals surface area contributed by atoms with Gasteiger partial charge in [0.1, 0.15) is 5.75 Å². The van der Waals surface area contributed by atoms with Crippen molar-refractivity contribution in [3.63, 3.8) is 0 Å². The average Bonchev–Trinajstić information content (AvgIpc) is 2.39. The number of benzene rings is 2. The molecule has 0 saturated carbocycles. The Labute approximate surface area is 108 Å². The number of ether oxygens (including phenoxy) is 1. The number of rotatable bonds is 4. The molecule has 2 aromatic carbocycles. The van der Waals surface area contributed by atoms with Crippen molar-refractivity contribution in [1.82, 2.24) is 0 Å². The quantitative estimate of drug-likeness (QED) is 0.892. The third kappa shape index (κ3) is 2.71. The number of methoxy groups -OCH3 is 1. The fourth-order valence-electron chi connectivity index (χ4n) is 2.07. The molecule has 0 aliphatic rings. The number of aliphatic hydroxyl groups excluding tert-OH is 1. The maximum atomic E-state index is 9.00. The van der Waals surface area contributed by atoms with E-state index >= 15 is 0 Å². The molecule has 0 fully saturated rings. The molecule has 0 spiro atoms. The normalized spacial score (nSPS) is 10.4. The van der Waals surface area contributed by atoms with Crippen LogP contribution < -0.4 is 4.74 Å². The van der Waals surface area contributed by atoms with Crippen LogP contribution in [0.1, 0.15) is 11.1 Å². The van der Waals surface area contributed by atoms with Crippen LogP contribution in [0.5, 0.6) is 5.75 Å². The average molecular weight is 242 g/mol. The maximum absolute atomic E-state index is 9.00. The largest absolute Gasteiger partial charge is 0.496 e. The van der Waals surface area contributed by atoms with Gasteiger partial charge < -0.3 is 9.84 Å². The minimum absolute atomic E-state index is 0.175. The molecule has 0 amide bonds. The first-order valence-electron chi connectivity index (χ1n) is 6.09. The standard InChI is InChI=1S/C16H18O2/c1-12-6-7-16(18-2)15(10-12)14-5-3-4-13(11-14)8-9-17/h3-7,10-11,17H,8-9H2,1-2H3. The molecule has 18 heavy (non-hydrogen) atoms. The summed E-state index contributed by atoms with van der Waals surface area (Å²) in [6.07, 6.45) is 0.683. The van der Waals surface area contributed by atoms with Gasteiger partial charge >= 0.3 is 0 Å². The molecule has 0 atom stereocenters. The summed E-state index contributed by atoms with van der Waals surface area (Å²) in [6, 6.07) is 14.4. The predicted molar refractivity (Wildman–Crippen MR) is 74.0 cm³/mol. The van der Waals surface area contributed by atoms with Gasteiger partial charge in [0.2, 0.25) is 0 Å². The highest BCUT2D eigenvalue weighted by molar-refractivity contribution is 5.71. The summed E-state index contributed by atoms with van der Waals surface area (Å²) in [5.41, 5.74) is 4.57. The van der Waals surface area contributed by atoms with Crippen molar-refractivity contribution in [2.24, 2.45) is 0 Å². The fourth-order valence-corrected chi connectivity index (χ4v) is 2.07. The second kappa shape index (κ2) is 5.69. The van der Waals surface area contributed by atoms with Gasteiger partial charge in [-0.2, -0.15) is 0 Å². The maximum Gasteiger partial charge on any atom is 0.126 e. The summed E-state index contributed by atoms with van der Waals surface area (Å²) < 4.78 is 5.41. The van der Waals surface area contributed by atoms with Gasteiger partial charge in [0.15, 0.2) is 0 Å². The Hall–Kier alpha value is -1.80. The molecule has 94 valence electrons. The monoisotopic (exact) mass is 242 g/mol. The van der Waals surface area contributed by atoms with Crippen molar-refractivity contribution in [3.8, 4) is 16.9 Å². The summed E-state index contributed by atoms with van der Waals surface area (Å²) in [6.45, 7) is 2.24. The summed E-state index contributed by atoms with van der Waals surface area (Å²) in [7, 11) is 1.69. The van der Waals surface area contributed by atoms with Crippen LogP contribution in [0.15, 0.2) is 42.5 Å². The lowest BCUT2D eigenvalue weighted by Crippen LogP contribution is -1.92. The summed E-state index contributed by atoms with van der Waals surface area (Å²) >= 11 is 0. The third-order valence-electron chi connectivity index (χ3n) is 2.99. The lowest BCUT2D eigenvalue weighted by molar-refractivity contribution is 0.299. The van der Waals surface area contributed by atoms with E-state index in [0.717, 1.165) is 22.4 Å². The Morgan fingerprint density at radius 2 is 1.94 bits per heavy atom. The molecule has 0 aliphatic carbocycles. The molecule has 0 unspecified atom stereocenters. The van der Waals surface area contributed by atoms with Crippen LogP contribution in [0.3, 0.4) is 0 Å². The van der Waals surface area contributed by atoms with E-state index in [-0.39, 0.29) is 6.61 Å². The first-order valence-corrected chi connectivity index (χ1v) is 6.09. The van der Waals surface area contributed by atoms with Crippen LogP contribution in [0.4, 0.5) is 0 Å². The van der Waals surface area contributed by atoms with Crippen molar-refractivity contribution in [1.29, 1.82) is 0 Å². The van der Waals surface area contributed by atoms with Crippen molar-refractivity contribution < 1.29 is 9.84 Å². The Kier molecular flexibility index (Phi) is 4.00. The molecule has 2 nitrogen and oxygen atoms in total. The van der Waals surface area contributed by atoms with Gasteiger partial charge in [-0.25, -0.2) is 0 Å². The number of aliphatic hydroxyl groups is 1. The van der Waals surface area contributed by atoms with E-state index in [1.54, 1.807) is 7.11 Å². The van der Waals surface area contributed by atoms with Crippen LogP contribution in [0, 0.1) is 6.92 Å². The minimum atomic E-state index is 0.175. The molecule has 0 radical (unpaired) electrons. The second-order valence-corrected chi connectivity index (χ2v) is 4.38. The van der Waals surface area contributed by atoms with Crippen LogP contribution in [0.25, 0.3) is 11.1 Å². The van der Waals surface area contributed by atoms with E-state index in [4.69, 9.17) is 9.84 Å². The Morgan fingerprint density at radius 1 is 1.11 bits per heavy atom. The SMILES string of the molecule is COc1ccc(C)cc1-c1cccc(CCO)c1. The van der Waals surface area contributed by atoms with Crippen molar-refractivity contribution in [2.45, 2.75) is 13.3 Å². The highest BCUT2D eigenvalue weighted by Crippen LogP contribution is 2.31. The van der Waals surface area contributed by atoms with E-state index in [0.29, 0.717) is 6.42 Å². The third-order valence-corrected chi connectivity index (χ3v) is 2.99. The van der Waals surface area contributed by atoms with Crippen molar-refractivity contribution in [3.05, 3.63) is 53.6 Å². The minimum Gasteiger partial charge on any atom is -0.496 e. The Balaban J connectivity index is 2.47. The number of hydrogen-bond donors (Lipinski definition) is 1. The van der Waals surface area contributed by atoms with Gasteiger partial charge in [0.25, 0.3) is 0 Å². The van der Waals surface area contributed by atoms with E-state index in [9.17, 15) is 0 Å². The summed E-state index contributed by atoms with van der Waals surface area (Å²) in [4.78, 5) is 0. The smallest absolute Gasteiger partial charge is 0.126 e. The molecule has 2 rings (SSSR count). The highest BCUT2D eigenvalue weighted by Gasteiger charge is 2.06. The zero-order chi connectivity index (χ0) is 13.0. The topological polar surface area (TPSA) is 29.5 Å². The molecule has 0 aliphatic heterocycles. The van der Waals surface area contributed by atoms with Gasteiger partial charge in [-0.1, -0.05) is 35.9 Å². The van der Waals surface area contributed by atoms with Crippen LogP contribution in [0.2, 0.25) is 0 Å². The van der Waals surface area contributed by atoms with E-state index in [2.05, 4.69) is 25.1 Å². The van der Waals surface area contributed by atoms with Gasteiger partial charge in [-0.05, 0) is 36.6 Å². The van der Waals surface area contributed by atoms with Gasteiger partial charge in [-0.15, -0.1) is 0 Å². The Morgan fingerprint density at radius 3 is 2.67 bits per heavy atom. The highest BCUT2D eigenvalue weighted by atomic mass is 16.5. The zero-order valence-corrected chi connectivity index (χ0v) is 10.8. The van der Waals surface area contributed by atoms with Crippen molar-refractivity contribution in [2.75, 3.05) is 13.7 Å². The van der Waals surface area contributed by atoms with E-state index in [1.807, 2.05) is 24.3 Å². The first-order chi connectivity index (χ1) is 8.74. The lowest BCUT2D eigenvalue weighted by Gasteiger charge is -2.11. The first kappa shape index (κ1) is 12.7. The molecule has 1 N–H and O–H groups in total. The number of hydrogen-bond acceptors (Lipinski definition) is 2. The fraction of sp³-hybridized carbons (Fsp3) is 0.250. The summed E-state index contributed by atoms with van der Waals surface area (Å²) in [5.74, 6) is 0.877. The molecule has 0 bridgehead atoms. The molecule has 0 saturated heterocycles. The molecule has 2 heteroatoms. The van der Waals surface area contributed by atoms with E-state index in [1.165, 1.54) is 5.56 Å². The predicted octanol–water partition coefficient (Wildman–Crippen LogP) is 3.21. The van der Waals surface area contributed by atoms with Crippen LogP contribution >= 0.6 is 0 Å². The van der Waals surface area contributed by atoms with Crippen LogP contribution in [-0.2, 0) is 6.42 Å². The molecule has 0 heterocycles. The molecule has 0 aromatic heterocycles. The van der Waals surface area contributed by atoms with Gasteiger partial charge in [0, 0.05) is 12.2 Å². The van der Waals surface area contributed by atoms with Crippen LogP contribution in [-0.4, -0.2) is 18.8 Å². The molecule has 2 aromatic rings. The van der Waals surface area contributed by atoms with Crippen molar-refractivity contribution >= 4 is 0 Å². The Bertz CT molecular complexity index is 532. The number of aryl methyl sites for hydroxylation is 1. The van der Waals surface area contributed by atoms with E-state index < -0.39 is 0 Å². The molecular formula is C16H18O2.